The van der Waals surface area contributed by atoms with Crippen LogP contribution in [0.1, 0.15) is 57.8 Å². The molecule has 0 aliphatic carbocycles. The van der Waals surface area contributed by atoms with Crippen LogP contribution in [0.5, 0.6) is 0 Å². The molecule has 0 unspecified atom stereocenters. The summed E-state index contributed by atoms with van der Waals surface area (Å²) in [4.78, 5) is 23.7. The molecule has 0 fully saturated rings. The zero-order chi connectivity index (χ0) is 12.1. The maximum atomic E-state index is 10.4. The lowest BCUT2D eigenvalue weighted by atomic mass is 10.1. The van der Waals surface area contributed by atoms with Crippen LogP contribution in [0, 0.1) is 0 Å². The summed E-state index contributed by atoms with van der Waals surface area (Å²) >= 11 is 5.23. The molecule has 0 bridgehead atoms. The Morgan fingerprint density at radius 1 is 0.938 bits per heavy atom. The van der Waals surface area contributed by atoms with Gasteiger partial charge in [-0.1, -0.05) is 38.5 Å². The molecule has 0 saturated carbocycles. The highest BCUT2D eigenvalue weighted by atomic mass is 35.5. The van der Waals surface area contributed by atoms with Gasteiger partial charge in [0.2, 0.25) is 11.3 Å². The van der Waals surface area contributed by atoms with Crippen LogP contribution in [-0.4, -0.2) is 17.9 Å². The van der Waals surface area contributed by atoms with Crippen LogP contribution >= 0.6 is 11.6 Å². The summed E-state index contributed by atoms with van der Waals surface area (Å²) in [6, 6.07) is 0. The van der Waals surface area contributed by atoms with Crippen LogP contribution in [0.2, 0.25) is 0 Å². The lowest BCUT2D eigenvalue weighted by molar-refractivity contribution is -0.111. The number of nitrogens with zero attached hydrogens (tertiary/aromatic N) is 1. The van der Waals surface area contributed by atoms with Crippen molar-refractivity contribution >= 4 is 22.9 Å². The SMILES string of the molecule is O=C=NCCCCCCCCCCC(=O)Cl. The minimum atomic E-state index is -0.226. The van der Waals surface area contributed by atoms with Crippen molar-refractivity contribution in [3.63, 3.8) is 0 Å². The minimum Gasteiger partial charge on any atom is -0.281 e. The molecule has 0 heterocycles. The molecule has 0 rings (SSSR count). The Morgan fingerprint density at radius 2 is 1.44 bits per heavy atom. The lowest BCUT2D eigenvalue weighted by Gasteiger charge is -2.00. The first-order chi connectivity index (χ1) is 7.77. The predicted octanol–water partition coefficient (Wildman–Crippen LogP) is 3.60. The van der Waals surface area contributed by atoms with Gasteiger partial charge < -0.3 is 0 Å². The summed E-state index contributed by atoms with van der Waals surface area (Å²) in [5.41, 5.74) is 0. The number of hydrogen-bond acceptors (Lipinski definition) is 3. The normalized spacial score (nSPS) is 9.81. The third-order valence-electron chi connectivity index (χ3n) is 2.46. The van der Waals surface area contributed by atoms with Crippen molar-refractivity contribution < 1.29 is 9.59 Å². The highest BCUT2D eigenvalue weighted by molar-refractivity contribution is 6.63. The summed E-state index contributed by atoms with van der Waals surface area (Å²) < 4.78 is 0. The lowest BCUT2D eigenvalue weighted by Crippen LogP contribution is -1.87. The second-order valence-electron chi connectivity index (χ2n) is 3.91. The van der Waals surface area contributed by atoms with Gasteiger partial charge in [0.25, 0.3) is 0 Å². The second kappa shape index (κ2) is 12.4. The van der Waals surface area contributed by atoms with E-state index in [0.29, 0.717) is 13.0 Å². The first-order valence-electron chi connectivity index (χ1n) is 5.99. The number of isocyanates is 1. The Morgan fingerprint density at radius 3 is 1.94 bits per heavy atom. The maximum Gasteiger partial charge on any atom is 0.234 e. The van der Waals surface area contributed by atoms with Crippen molar-refractivity contribution in [1.29, 1.82) is 0 Å². The van der Waals surface area contributed by atoms with Gasteiger partial charge in [-0.25, -0.2) is 9.79 Å². The van der Waals surface area contributed by atoms with Gasteiger partial charge in [0.05, 0.1) is 6.54 Å². The smallest absolute Gasteiger partial charge is 0.234 e. The van der Waals surface area contributed by atoms with Gasteiger partial charge in [0.15, 0.2) is 0 Å². The third kappa shape index (κ3) is 13.3. The number of carbonyl (C=O) groups excluding carboxylic acids is 2. The number of rotatable bonds is 11. The summed E-state index contributed by atoms with van der Waals surface area (Å²) in [7, 11) is 0. The molecule has 0 aliphatic heterocycles. The minimum absolute atomic E-state index is 0.226. The Balaban J connectivity index is 2.98. The molecule has 0 aliphatic rings. The third-order valence-corrected chi connectivity index (χ3v) is 2.65. The van der Waals surface area contributed by atoms with Gasteiger partial charge in [0.1, 0.15) is 0 Å². The van der Waals surface area contributed by atoms with Crippen molar-refractivity contribution in [1.82, 2.24) is 0 Å². The van der Waals surface area contributed by atoms with E-state index in [0.717, 1.165) is 25.7 Å². The highest BCUT2D eigenvalue weighted by Crippen LogP contribution is 2.10. The maximum absolute atomic E-state index is 10.4. The summed E-state index contributed by atoms with van der Waals surface area (Å²) in [5.74, 6) is 0. The van der Waals surface area contributed by atoms with E-state index in [9.17, 15) is 9.59 Å². The van der Waals surface area contributed by atoms with Gasteiger partial charge in [-0.15, -0.1) is 0 Å². The molecule has 0 saturated heterocycles. The molecule has 0 radical (unpaired) electrons. The molecule has 3 nitrogen and oxygen atoms in total. The van der Waals surface area contributed by atoms with Crippen LogP contribution in [0.3, 0.4) is 0 Å². The summed E-state index contributed by atoms with van der Waals surface area (Å²) in [5, 5.41) is -0.226. The summed E-state index contributed by atoms with van der Waals surface area (Å²) in [6.07, 6.45) is 11.0. The van der Waals surface area contributed by atoms with Gasteiger partial charge >= 0.3 is 0 Å². The number of halogens is 1. The van der Waals surface area contributed by atoms with Crippen molar-refractivity contribution in [2.24, 2.45) is 4.99 Å². The topological polar surface area (TPSA) is 46.5 Å². The van der Waals surface area contributed by atoms with Gasteiger partial charge in [-0.2, -0.15) is 0 Å². The second-order valence-corrected chi connectivity index (χ2v) is 4.33. The van der Waals surface area contributed by atoms with Crippen LogP contribution < -0.4 is 0 Å². The van der Waals surface area contributed by atoms with Crippen molar-refractivity contribution in [2.45, 2.75) is 57.8 Å². The van der Waals surface area contributed by atoms with E-state index in [2.05, 4.69) is 4.99 Å². The van der Waals surface area contributed by atoms with E-state index in [-0.39, 0.29) is 5.24 Å². The van der Waals surface area contributed by atoms with Crippen molar-refractivity contribution in [3.05, 3.63) is 0 Å². The van der Waals surface area contributed by atoms with E-state index < -0.39 is 0 Å². The molecule has 92 valence electrons. The quantitative estimate of drug-likeness (QED) is 0.242. The van der Waals surface area contributed by atoms with E-state index in [1.54, 1.807) is 0 Å². The van der Waals surface area contributed by atoms with Crippen LogP contribution in [0.15, 0.2) is 4.99 Å². The molecular formula is C12H20ClNO2. The number of aliphatic imine (C=N–C) groups is 1. The fraction of sp³-hybridized carbons (Fsp3) is 0.833. The van der Waals surface area contributed by atoms with E-state index in [4.69, 9.17) is 11.6 Å². The Bertz CT molecular complexity index is 215. The fourth-order valence-corrected chi connectivity index (χ4v) is 1.69. The van der Waals surface area contributed by atoms with Gasteiger partial charge in [0, 0.05) is 6.42 Å². The molecule has 0 spiro atoms. The number of carbonyl (C=O) groups is 1. The molecule has 0 amide bonds. The molecule has 4 heteroatoms. The highest BCUT2D eigenvalue weighted by Gasteiger charge is 1.96. The molecule has 0 aromatic heterocycles. The van der Waals surface area contributed by atoms with Gasteiger partial charge in [-0.3, -0.25) is 4.79 Å². The van der Waals surface area contributed by atoms with Crippen LogP contribution in [-0.2, 0) is 9.59 Å². The van der Waals surface area contributed by atoms with E-state index >= 15 is 0 Å². The first-order valence-corrected chi connectivity index (χ1v) is 6.37. The largest absolute Gasteiger partial charge is 0.281 e. The van der Waals surface area contributed by atoms with Crippen molar-refractivity contribution in [2.75, 3.05) is 6.54 Å². The number of unbranched alkanes of at least 4 members (excludes halogenated alkanes) is 7. The Labute approximate surface area is 102 Å². The first kappa shape index (κ1) is 15.3. The monoisotopic (exact) mass is 245 g/mol. The van der Waals surface area contributed by atoms with Crippen LogP contribution in [0.4, 0.5) is 0 Å². The van der Waals surface area contributed by atoms with E-state index in [1.807, 2.05) is 0 Å². The van der Waals surface area contributed by atoms with Crippen molar-refractivity contribution in [3.8, 4) is 0 Å². The molecule has 0 atom stereocenters. The average molecular weight is 246 g/mol. The molecule has 0 aromatic carbocycles. The molecule has 16 heavy (non-hydrogen) atoms. The van der Waals surface area contributed by atoms with Gasteiger partial charge in [-0.05, 0) is 24.4 Å². The fourth-order valence-electron chi connectivity index (χ4n) is 1.56. The molecular weight excluding hydrogens is 226 g/mol. The van der Waals surface area contributed by atoms with E-state index in [1.165, 1.54) is 31.8 Å². The molecule has 0 aromatic rings. The predicted molar refractivity (Wildman–Crippen MR) is 65.4 cm³/mol. The Kier molecular flexibility index (Phi) is 11.9. The zero-order valence-corrected chi connectivity index (χ0v) is 10.5. The summed E-state index contributed by atoms with van der Waals surface area (Å²) in [6.45, 7) is 0.612. The number of hydrogen-bond donors (Lipinski definition) is 0. The standard InChI is InChI=1S/C12H20ClNO2/c13-12(16)9-7-5-3-1-2-4-6-8-10-14-11-15/h1-10H2. The van der Waals surface area contributed by atoms with Crippen LogP contribution in [0.25, 0.3) is 0 Å². The average Bonchev–Trinajstić information content (AvgIpc) is 2.25. The zero-order valence-electron chi connectivity index (χ0n) is 9.71. The Hall–Kier alpha value is -0.660. The molecule has 0 N–H and O–H groups in total.